The van der Waals surface area contributed by atoms with E-state index < -0.39 is 53.8 Å². The first-order valence-electron chi connectivity index (χ1n) is 11.0. The molecule has 1 saturated heterocycles. The number of carbonyl (C=O) groups is 4. The van der Waals surface area contributed by atoms with Crippen molar-refractivity contribution in [3.05, 3.63) is 0 Å². The summed E-state index contributed by atoms with van der Waals surface area (Å²) in [7, 11) is -0.0467. The Kier molecular flexibility index (Phi) is 14.4. The molecule has 9 nitrogen and oxygen atoms in total. The summed E-state index contributed by atoms with van der Waals surface area (Å²) in [5.41, 5.74) is -0.693. The van der Waals surface area contributed by atoms with Crippen LogP contribution in [0.15, 0.2) is 0 Å². The van der Waals surface area contributed by atoms with Gasteiger partial charge in [0.2, 0.25) is 5.91 Å². The molecule has 1 aliphatic heterocycles. The summed E-state index contributed by atoms with van der Waals surface area (Å²) in [6.07, 6.45) is 4.24. The zero-order valence-corrected chi connectivity index (χ0v) is 23.4. The highest BCUT2D eigenvalue weighted by molar-refractivity contribution is 7.99. The molecule has 1 amide bonds. The number of esters is 3. The highest BCUT2D eigenvalue weighted by atomic mass is 32.2. The normalized spacial score (nSPS) is 26.1. The smallest absolute Gasteiger partial charge is 0.303 e. The number of ether oxygens (including phenoxy) is 4. The second kappa shape index (κ2) is 15.8. The molecule has 12 heteroatoms. The number of hydrogen-bond acceptors (Lipinski definition) is 10. The maximum Gasteiger partial charge on any atom is 0.303 e. The quantitative estimate of drug-likeness (QED) is 0.160. The van der Waals surface area contributed by atoms with Crippen molar-refractivity contribution in [2.24, 2.45) is 0 Å². The summed E-state index contributed by atoms with van der Waals surface area (Å²) in [6.45, 7) is 5.14. The van der Waals surface area contributed by atoms with Crippen molar-refractivity contribution >= 4 is 58.2 Å². The third-order valence-electron chi connectivity index (χ3n) is 5.01. The fourth-order valence-electron chi connectivity index (χ4n) is 3.78. The number of amides is 1. The molecular formula is C22H38NO8S3+. The molecule has 7 atom stereocenters. The molecule has 0 aromatic carbocycles. The summed E-state index contributed by atoms with van der Waals surface area (Å²) < 4.78 is 22.8. The van der Waals surface area contributed by atoms with Gasteiger partial charge >= 0.3 is 17.9 Å². The zero-order valence-electron chi connectivity index (χ0n) is 21.0. The van der Waals surface area contributed by atoms with Gasteiger partial charge in [-0.05, 0) is 42.0 Å². The van der Waals surface area contributed by atoms with Crippen molar-refractivity contribution in [1.82, 2.24) is 5.32 Å². The molecule has 1 fully saturated rings. The van der Waals surface area contributed by atoms with Gasteiger partial charge < -0.3 is 24.3 Å². The molecule has 0 radical (unpaired) electrons. The molecule has 0 aromatic heterocycles. The van der Waals surface area contributed by atoms with Gasteiger partial charge in [-0.1, -0.05) is 0 Å². The SMILES string of the molecule is CSCCCC[S+](C)C[C@H](NC(C)=O)[C@H]1O[C@H](SC)[C@H](OC(C)=O)[C@@H](OC(C)=O)[C@H]1OC(C)=O. The Bertz CT molecular complexity index is 695. The lowest BCUT2D eigenvalue weighted by atomic mass is 9.94. The summed E-state index contributed by atoms with van der Waals surface area (Å²) >= 11 is 3.10. The molecule has 34 heavy (non-hydrogen) atoms. The van der Waals surface area contributed by atoms with Crippen LogP contribution >= 0.6 is 23.5 Å². The molecule has 0 bridgehead atoms. The van der Waals surface area contributed by atoms with Crippen LogP contribution < -0.4 is 5.32 Å². The fourth-order valence-corrected chi connectivity index (χ4v) is 6.74. The first-order valence-corrected chi connectivity index (χ1v) is 15.7. The second-order valence-electron chi connectivity index (χ2n) is 8.09. The predicted molar refractivity (Wildman–Crippen MR) is 137 cm³/mol. The number of carbonyl (C=O) groups excluding carboxylic acids is 4. The van der Waals surface area contributed by atoms with Gasteiger partial charge in [0.1, 0.15) is 29.1 Å². The van der Waals surface area contributed by atoms with E-state index in [2.05, 4.69) is 17.8 Å². The van der Waals surface area contributed by atoms with Gasteiger partial charge in [0, 0.05) is 27.7 Å². The Balaban J connectivity index is 3.30. The minimum atomic E-state index is -1.09. The maximum atomic E-state index is 12.1. The summed E-state index contributed by atoms with van der Waals surface area (Å²) in [4.78, 5) is 47.9. The monoisotopic (exact) mass is 540 g/mol. The van der Waals surface area contributed by atoms with Crippen LogP contribution in [0.25, 0.3) is 0 Å². The molecule has 1 heterocycles. The van der Waals surface area contributed by atoms with Gasteiger partial charge in [0.15, 0.2) is 18.3 Å². The van der Waals surface area contributed by atoms with Crippen molar-refractivity contribution in [3.63, 3.8) is 0 Å². The third-order valence-corrected chi connectivity index (χ3v) is 8.46. The Morgan fingerprint density at radius 3 is 1.97 bits per heavy atom. The summed E-state index contributed by atoms with van der Waals surface area (Å²) in [5.74, 6) is 0.660. The average Bonchev–Trinajstić information content (AvgIpc) is 2.72. The Morgan fingerprint density at radius 2 is 1.47 bits per heavy atom. The zero-order chi connectivity index (χ0) is 25.8. The van der Waals surface area contributed by atoms with Crippen LogP contribution in [0.5, 0.6) is 0 Å². The Labute approximate surface area is 213 Å². The van der Waals surface area contributed by atoms with E-state index in [4.69, 9.17) is 18.9 Å². The first kappa shape index (κ1) is 30.9. The van der Waals surface area contributed by atoms with E-state index in [1.54, 1.807) is 6.26 Å². The molecule has 0 spiro atoms. The number of nitrogens with one attached hydrogen (secondary N) is 1. The summed E-state index contributed by atoms with van der Waals surface area (Å²) in [5, 5.41) is 2.95. The predicted octanol–water partition coefficient (Wildman–Crippen LogP) is 1.77. The molecule has 196 valence electrons. The van der Waals surface area contributed by atoms with E-state index in [0.29, 0.717) is 5.75 Å². The molecule has 1 aliphatic rings. The first-order chi connectivity index (χ1) is 16.0. The highest BCUT2D eigenvalue weighted by Gasteiger charge is 2.54. The minimum Gasteiger partial charge on any atom is -0.456 e. The average molecular weight is 541 g/mol. The van der Waals surface area contributed by atoms with Crippen molar-refractivity contribution < 1.29 is 38.1 Å². The third kappa shape index (κ3) is 10.7. The van der Waals surface area contributed by atoms with Crippen LogP contribution in [0, 0.1) is 0 Å². The largest absolute Gasteiger partial charge is 0.456 e. The van der Waals surface area contributed by atoms with E-state index in [1.807, 2.05) is 11.8 Å². The van der Waals surface area contributed by atoms with E-state index in [1.165, 1.54) is 39.5 Å². The summed E-state index contributed by atoms with van der Waals surface area (Å²) in [6, 6.07) is -0.498. The van der Waals surface area contributed by atoms with Crippen molar-refractivity contribution in [3.8, 4) is 0 Å². The lowest BCUT2D eigenvalue weighted by Gasteiger charge is -2.46. The lowest BCUT2D eigenvalue weighted by molar-refractivity contribution is -0.234. The van der Waals surface area contributed by atoms with Gasteiger partial charge in [-0.2, -0.15) is 11.8 Å². The van der Waals surface area contributed by atoms with Crippen LogP contribution in [0.2, 0.25) is 0 Å². The van der Waals surface area contributed by atoms with Crippen LogP contribution in [-0.4, -0.2) is 95.7 Å². The number of thioether (sulfide) groups is 2. The molecule has 1 N–H and O–H groups in total. The van der Waals surface area contributed by atoms with Crippen LogP contribution in [-0.2, 0) is 49.0 Å². The maximum absolute atomic E-state index is 12.1. The van der Waals surface area contributed by atoms with Crippen molar-refractivity contribution in [2.75, 3.05) is 36.0 Å². The van der Waals surface area contributed by atoms with Crippen LogP contribution in [0.1, 0.15) is 40.5 Å². The lowest BCUT2D eigenvalue weighted by Crippen LogP contribution is -2.66. The second-order valence-corrected chi connectivity index (χ2v) is 12.3. The Morgan fingerprint density at radius 1 is 0.912 bits per heavy atom. The van der Waals surface area contributed by atoms with E-state index >= 15 is 0 Å². The van der Waals surface area contributed by atoms with E-state index in [-0.39, 0.29) is 16.8 Å². The number of hydrogen-bond donors (Lipinski definition) is 1. The number of rotatable bonds is 13. The standard InChI is InChI=1S/C22H37NO8S3/c1-13(24)23-17(12-34(7)11-9-8-10-32-5)18-19(28-14(2)25)20(29-15(3)26)21(30-16(4)27)22(31-18)33-6/h17-22H,8-12H2,1-7H3/p+1/t17-,18+,19-,20-,21+,22+,34?/m0/s1. The van der Waals surface area contributed by atoms with Crippen molar-refractivity contribution in [1.29, 1.82) is 0 Å². The van der Waals surface area contributed by atoms with E-state index in [9.17, 15) is 19.2 Å². The molecule has 1 rings (SSSR count). The Hall–Kier alpha value is -1.11. The van der Waals surface area contributed by atoms with Gasteiger partial charge in [-0.3, -0.25) is 19.2 Å². The molecule has 0 saturated carbocycles. The van der Waals surface area contributed by atoms with Gasteiger partial charge in [-0.15, -0.1) is 11.8 Å². The van der Waals surface area contributed by atoms with Gasteiger partial charge in [0.05, 0.1) is 6.26 Å². The highest BCUT2D eigenvalue weighted by Crippen LogP contribution is 2.34. The molecular weight excluding hydrogens is 502 g/mol. The van der Waals surface area contributed by atoms with Crippen LogP contribution in [0.4, 0.5) is 0 Å². The number of unbranched alkanes of at least 4 members (excludes halogenated alkanes) is 1. The fraction of sp³-hybridized carbons (Fsp3) is 0.818. The molecule has 0 aliphatic carbocycles. The molecule has 1 unspecified atom stereocenters. The van der Waals surface area contributed by atoms with E-state index in [0.717, 1.165) is 24.3 Å². The van der Waals surface area contributed by atoms with Crippen molar-refractivity contribution in [2.45, 2.75) is 76.4 Å². The minimum absolute atomic E-state index is 0.0467. The molecule has 0 aromatic rings. The topological polar surface area (TPSA) is 117 Å². The van der Waals surface area contributed by atoms with Crippen LogP contribution in [0.3, 0.4) is 0 Å². The van der Waals surface area contributed by atoms with Gasteiger partial charge in [0.25, 0.3) is 0 Å². The van der Waals surface area contributed by atoms with Gasteiger partial charge in [-0.25, -0.2) is 0 Å².